The van der Waals surface area contributed by atoms with Gasteiger partial charge in [-0.25, -0.2) is 0 Å². The molecule has 2 aliphatic carbocycles. The molecule has 4 aromatic rings. The fourth-order valence-electron chi connectivity index (χ4n) is 4.00. The largest absolute Gasteiger partial charge is 4.00 e. The van der Waals surface area contributed by atoms with Crippen LogP contribution in [0.25, 0.3) is 22.3 Å². The minimum atomic E-state index is 0. The van der Waals surface area contributed by atoms with Gasteiger partial charge in [-0.15, -0.1) is 11.1 Å². The Morgan fingerprint density at radius 1 is 0.519 bits per heavy atom. The number of benzene rings is 4. The summed E-state index contributed by atoms with van der Waals surface area (Å²) in [6.07, 6.45) is 2.10. The van der Waals surface area contributed by atoms with Gasteiger partial charge in [0.05, 0.1) is 0 Å². The predicted octanol–water partition coefficient (Wildman–Crippen LogP) is 6.34. The van der Waals surface area contributed by atoms with Crippen LogP contribution in [0, 0.1) is 12.1 Å². The SMILES string of the molecule is [H-].[H-].[Zr+4].[c-]1cccc2c1Cc1ccccc1-2.[c-]1cccc2c1Cc1ccccc1-2. The predicted molar refractivity (Wildman–Crippen MR) is 109 cm³/mol. The van der Waals surface area contributed by atoms with E-state index < -0.39 is 0 Å². The molecule has 0 fully saturated rings. The van der Waals surface area contributed by atoms with E-state index in [4.69, 9.17) is 0 Å². The number of rotatable bonds is 0. The molecule has 4 aromatic carbocycles. The van der Waals surface area contributed by atoms with Gasteiger partial charge in [-0.3, -0.25) is 0 Å². The molecule has 1 heteroatoms. The smallest absolute Gasteiger partial charge is 1.00 e. The average Bonchev–Trinajstić information content (AvgIpc) is 3.27. The van der Waals surface area contributed by atoms with E-state index in [2.05, 4.69) is 84.9 Å². The van der Waals surface area contributed by atoms with Crippen LogP contribution in [0.3, 0.4) is 0 Å². The van der Waals surface area contributed by atoms with Gasteiger partial charge in [0.1, 0.15) is 0 Å². The van der Waals surface area contributed by atoms with Crippen LogP contribution in [-0.2, 0) is 39.0 Å². The minimum Gasteiger partial charge on any atom is -1.00 e. The molecule has 0 radical (unpaired) electrons. The molecular weight excluding hydrogens is 404 g/mol. The van der Waals surface area contributed by atoms with Crippen LogP contribution in [-0.4, -0.2) is 0 Å². The Morgan fingerprint density at radius 2 is 0.926 bits per heavy atom. The molecule has 0 N–H and O–H groups in total. The van der Waals surface area contributed by atoms with Crippen LogP contribution < -0.4 is 0 Å². The molecule has 0 spiro atoms. The van der Waals surface area contributed by atoms with Gasteiger partial charge >= 0.3 is 26.2 Å². The van der Waals surface area contributed by atoms with Crippen LogP contribution in [0.2, 0.25) is 0 Å². The Balaban J connectivity index is 0.000000187. The zero-order valence-electron chi connectivity index (χ0n) is 17.0. The van der Waals surface area contributed by atoms with Crippen LogP contribution in [0.1, 0.15) is 25.1 Å². The van der Waals surface area contributed by atoms with Gasteiger partial charge in [-0.2, -0.15) is 59.7 Å². The summed E-state index contributed by atoms with van der Waals surface area (Å²) in [4.78, 5) is 0. The molecule has 0 heterocycles. The summed E-state index contributed by atoms with van der Waals surface area (Å²) < 4.78 is 0. The topological polar surface area (TPSA) is 0 Å². The molecule has 27 heavy (non-hydrogen) atoms. The Labute approximate surface area is 183 Å². The molecule has 0 nitrogen and oxygen atoms in total. The second-order valence-electron chi connectivity index (χ2n) is 6.79. The van der Waals surface area contributed by atoms with Crippen molar-refractivity contribution in [3.8, 4) is 22.3 Å². The molecule has 0 saturated heterocycles. The Bertz CT molecular complexity index is 929. The molecule has 2 aliphatic rings. The van der Waals surface area contributed by atoms with E-state index in [0.29, 0.717) is 0 Å². The van der Waals surface area contributed by atoms with Crippen molar-refractivity contribution in [2.75, 3.05) is 0 Å². The van der Waals surface area contributed by atoms with E-state index in [1.54, 1.807) is 0 Å². The molecule has 0 aromatic heterocycles. The number of fused-ring (bicyclic) bond motifs is 6. The van der Waals surface area contributed by atoms with E-state index in [1.165, 1.54) is 44.5 Å². The molecule has 6 rings (SSSR count). The van der Waals surface area contributed by atoms with E-state index in [-0.39, 0.29) is 29.1 Å². The fourth-order valence-corrected chi connectivity index (χ4v) is 4.00. The first-order valence-corrected chi connectivity index (χ1v) is 9.06. The maximum absolute atomic E-state index is 3.30. The maximum Gasteiger partial charge on any atom is 4.00 e. The summed E-state index contributed by atoms with van der Waals surface area (Å²) in [6, 6.07) is 36.2. The number of hydrogen-bond acceptors (Lipinski definition) is 0. The van der Waals surface area contributed by atoms with E-state index >= 15 is 0 Å². The monoisotopic (exact) mass is 422 g/mol. The standard InChI is InChI=1S/2C13H9.Zr.2H/c2*1-3-7-12-10(5-1)9-11-6-2-4-8-13(11)12;;;/h2*1-5,7-8H,9H2;;;/q2*-1;+4;2*-1. The first-order valence-electron chi connectivity index (χ1n) is 9.06. The Morgan fingerprint density at radius 3 is 1.41 bits per heavy atom. The second-order valence-corrected chi connectivity index (χ2v) is 6.79. The van der Waals surface area contributed by atoms with E-state index in [0.717, 1.165) is 12.8 Å². The average molecular weight is 424 g/mol. The van der Waals surface area contributed by atoms with Gasteiger partial charge < -0.3 is 2.85 Å². The molecule has 0 saturated carbocycles. The van der Waals surface area contributed by atoms with E-state index in [1.807, 2.05) is 12.1 Å². The molecule has 0 amide bonds. The molecular formula is C26H20Zr. The summed E-state index contributed by atoms with van der Waals surface area (Å²) >= 11 is 0. The third kappa shape index (κ3) is 3.37. The van der Waals surface area contributed by atoms with Gasteiger partial charge in [-0.1, -0.05) is 70.8 Å². The van der Waals surface area contributed by atoms with Crippen molar-refractivity contribution in [2.24, 2.45) is 0 Å². The van der Waals surface area contributed by atoms with Gasteiger partial charge in [0.2, 0.25) is 0 Å². The quantitative estimate of drug-likeness (QED) is 0.250. The molecule has 128 valence electrons. The van der Waals surface area contributed by atoms with Crippen molar-refractivity contribution in [3.63, 3.8) is 0 Å². The molecule has 0 bridgehead atoms. The number of hydrogen-bond donors (Lipinski definition) is 0. The summed E-state index contributed by atoms with van der Waals surface area (Å²) in [5, 5.41) is 0. The first kappa shape index (κ1) is 18.1. The Hall–Kier alpha value is -2.24. The summed E-state index contributed by atoms with van der Waals surface area (Å²) in [5.74, 6) is 0. The minimum absolute atomic E-state index is 0. The second kappa shape index (κ2) is 7.79. The first-order chi connectivity index (χ1) is 12.9. The zero-order valence-corrected chi connectivity index (χ0v) is 17.5. The van der Waals surface area contributed by atoms with Crippen LogP contribution in [0.4, 0.5) is 0 Å². The molecule has 0 atom stereocenters. The molecule has 0 aliphatic heterocycles. The van der Waals surface area contributed by atoms with Crippen molar-refractivity contribution in [2.45, 2.75) is 12.8 Å². The zero-order chi connectivity index (χ0) is 17.3. The van der Waals surface area contributed by atoms with Crippen LogP contribution in [0.15, 0.2) is 84.9 Å². The van der Waals surface area contributed by atoms with Crippen LogP contribution >= 0.6 is 0 Å². The Kier molecular flexibility index (Phi) is 5.23. The van der Waals surface area contributed by atoms with Gasteiger partial charge in [0.15, 0.2) is 0 Å². The normalized spacial score (nSPS) is 11.9. The third-order valence-corrected chi connectivity index (χ3v) is 5.23. The summed E-state index contributed by atoms with van der Waals surface area (Å²) in [7, 11) is 0. The summed E-state index contributed by atoms with van der Waals surface area (Å²) in [6.45, 7) is 0. The van der Waals surface area contributed by atoms with Gasteiger partial charge in [0.25, 0.3) is 0 Å². The molecule has 0 unspecified atom stereocenters. The van der Waals surface area contributed by atoms with Gasteiger partial charge in [-0.05, 0) is 12.8 Å². The van der Waals surface area contributed by atoms with Crippen molar-refractivity contribution in [3.05, 3.63) is 119 Å². The third-order valence-electron chi connectivity index (χ3n) is 5.23. The van der Waals surface area contributed by atoms with Crippen molar-refractivity contribution in [1.82, 2.24) is 0 Å². The van der Waals surface area contributed by atoms with E-state index in [9.17, 15) is 0 Å². The van der Waals surface area contributed by atoms with Gasteiger partial charge in [0, 0.05) is 0 Å². The summed E-state index contributed by atoms with van der Waals surface area (Å²) in [5.41, 5.74) is 11.0. The maximum atomic E-state index is 3.30. The fraction of sp³-hybridized carbons (Fsp3) is 0.0769. The van der Waals surface area contributed by atoms with Crippen molar-refractivity contribution >= 4 is 0 Å². The van der Waals surface area contributed by atoms with Crippen LogP contribution in [0.5, 0.6) is 0 Å². The van der Waals surface area contributed by atoms with Crippen molar-refractivity contribution < 1.29 is 29.1 Å². The van der Waals surface area contributed by atoms with Crippen molar-refractivity contribution in [1.29, 1.82) is 0 Å².